The van der Waals surface area contributed by atoms with E-state index in [9.17, 15) is 4.79 Å². The Morgan fingerprint density at radius 3 is 2.50 bits per heavy atom. The number of piperidine rings is 1. The molecule has 0 saturated carbocycles. The number of carbonyl (C=O) groups is 1. The molecule has 1 aromatic heterocycles. The maximum atomic E-state index is 12.4. The minimum atomic E-state index is 0.0932. The number of rotatable bonds is 2. The smallest absolute Gasteiger partial charge is 0.253 e. The molecule has 0 spiro atoms. The molecule has 1 aliphatic heterocycles. The normalized spacial score (nSPS) is 16.4. The van der Waals surface area contributed by atoms with Gasteiger partial charge in [0.15, 0.2) is 0 Å². The van der Waals surface area contributed by atoms with Crippen LogP contribution >= 0.6 is 0 Å². The number of carbonyl (C=O) groups excluding carboxylic acids is 1. The highest BCUT2D eigenvalue weighted by Gasteiger charge is 2.21. The van der Waals surface area contributed by atoms with Crippen molar-refractivity contribution >= 4 is 5.91 Å². The van der Waals surface area contributed by atoms with E-state index in [1.165, 1.54) is 0 Å². The van der Waals surface area contributed by atoms with Crippen molar-refractivity contribution in [1.82, 2.24) is 15.1 Å². The van der Waals surface area contributed by atoms with Crippen LogP contribution in [0.25, 0.3) is 11.1 Å². The molecule has 1 aliphatic rings. The number of hydrogen-bond donors (Lipinski definition) is 2. The first-order chi connectivity index (χ1) is 9.74. The summed E-state index contributed by atoms with van der Waals surface area (Å²) in [5.41, 5.74) is 8.67. The first-order valence-corrected chi connectivity index (χ1v) is 6.88. The SMILES string of the molecule is NC1CCN(C(=O)c2ccc(-c3cn[nH]c3)cc2)CC1. The number of amides is 1. The highest BCUT2D eigenvalue weighted by molar-refractivity contribution is 5.94. The highest BCUT2D eigenvalue weighted by atomic mass is 16.2. The molecule has 2 heterocycles. The molecule has 5 nitrogen and oxygen atoms in total. The van der Waals surface area contributed by atoms with Crippen LogP contribution in [0.3, 0.4) is 0 Å². The summed E-state index contributed by atoms with van der Waals surface area (Å²) in [6.45, 7) is 1.51. The molecule has 1 fully saturated rings. The Morgan fingerprint density at radius 1 is 1.20 bits per heavy atom. The molecule has 0 atom stereocenters. The van der Waals surface area contributed by atoms with Gasteiger partial charge in [-0.1, -0.05) is 12.1 Å². The van der Waals surface area contributed by atoms with E-state index < -0.39 is 0 Å². The molecule has 3 rings (SSSR count). The van der Waals surface area contributed by atoms with Crippen molar-refractivity contribution in [2.45, 2.75) is 18.9 Å². The summed E-state index contributed by atoms with van der Waals surface area (Å²) in [5, 5.41) is 6.71. The van der Waals surface area contributed by atoms with Crippen LogP contribution in [-0.4, -0.2) is 40.1 Å². The molecule has 3 N–H and O–H groups in total. The van der Waals surface area contributed by atoms with Gasteiger partial charge < -0.3 is 10.6 Å². The van der Waals surface area contributed by atoms with Crippen molar-refractivity contribution in [3.8, 4) is 11.1 Å². The van der Waals surface area contributed by atoms with Gasteiger partial charge in [-0.15, -0.1) is 0 Å². The Bertz CT molecular complexity index is 568. The van der Waals surface area contributed by atoms with Gasteiger partial charge in [0.05, 0.1) is 6.20 Å². The number of aromatic amines is 1. The van der Waals surface area contributed by atoms with E-state index in [0.717, 1.165) is 42.6 Å². The van der Waals surface area contributed by atoms with Crippen LogP contribution in [-0.2, 0) is 0 Å². The Labute approximate surface area is 117 Å². The molecular weight excluding hydrogens is 252 g/mol. The molecule has 0 aliphatic carbocycles. The van der Waals surface area contributed by atoms with E-state index in [1.54, 1.807) is 6.20 Å². The van der Waals surface area contributed by atoms with Crippen LogP contribution in [0.2, 0.25) is 0 Å². The number of benzene rings is 1. The van der Waals surface area contributed by atoms with Crippen LogP contribution in [0.1, 0.15) is 23.2 Å². The standard InChI is InChI=1S/C15H18N4O/c16-14-5-7-19(8-6-14)15(20)12-3-1-11(2-4-12)13-9-17-18-10-13/h1-4,9-10,14H,5-8,16H2,(H,17,18). The fraction of sp³-hybridized carbons (Fsp3) is 0.333. The number of aromatic nitrogens is 2. The van der Waals surface area contributed by atoms with E-state index in [0.29, 0.717) is 0 Å². The number of nitrogens with two attached hydrogens (primary N) is 1. The molecule has 0 bridgehead atoms. The zero-order valence-electron chi connectivity index (χ0n) is 11.2. The Kier molecular flexibility index (Phi) is 3.52. The maximum absolute atomic E-state index is 12.4. The molecule has 1 saturated heterocycles. The molecule has 0 radical (unpaired) electrons. The monoisotopic (exact) mass is 270 g/mol. The lowest BCUT2D eigenvalue weighted by molar-refractivity contribution is 0.0715. The Balaban J connectivity index is 1.73. The zero-order valence-corrected chi connectivity index (χ0v) is 11.2. The minimum Gasteiger partial charge on any atom is -0.339 e. The zero-order chi connectivity index (χ0) is 13.9. The van der Waals surface area contributed by atoms with Crippen molar-refractivity contribution in [1.29, 1.82) is 0 Å². The first kappa shape index (κ1) is 12.9. The number of H-pyrrole nitrogens is 1. The topological polar surface area (TPSA) is 75.0 Å². The van der Waals surface area contributed by atoms with Crippen LogP contribution in [0.5, 0.6) is 0 Å². The fourth-order valence-electron chi connectivity index (χ4n) is 2.50. The van der Waals surface area contributed by atoms with Gasteiger partial charge in [0.1, 0.15) is 0 Å². The Morgan fingerprint density at radius 2 is 1.90 bits per heavy atom. The quantitative estimate of drug-likeness (QED) is 0.871. The van der Waals surface area contributed by atoms with Gasteiger partial charge in [-0.3, -0.25) is 9.89 Å². The number of likely N-dealkylation sites (tertiary alicyclic amines) is 1. The summed E-state index contributed by atoms with van der Waals surface area (Å²) in [5.74, 6) is 0.0932. The summed E-state index contributed by atoms with van der Waals surface area (Å²) < 4.78 is 0. The van der Waals surface area contributed by atoms with Gasteiger partial charge in [-0.2, -0.15) is 5.10 Å². The van der Waals surface area contributed by atoms with E-state index in [4.69, 9.17) is 5.73 Å². The van der Waals surface area contributed by atoms with Gasteiger partial charge in [0.2, 0.25) is 0 Å². The molecule has 1 aromatic carbocycles. The Hall–Kier alpha value is -2.14. The lowest BCUT2D eigenvalue weighted by atomic mass is 10.0. The second-order valence-electron chi connectivity index (χ2n) is 5.19. The molecule has 2 aromatic rings. The summed E-state index contributed by atoms with van der Waals surface area (Å²) in [6.07, 6.45) is 5.38. The van der Waals surface area contributed by atoms with Crippen LogP contribution in [0, 0.1) is 0 Å². The summed E-state index contributed by atoms with van der Waals surface area (Å²) in [6, 6.07) is 7.89. The average Bonchev–Trinajstić information content (AvgIpc) is 3.02. The van der Waals surface area contributed by atoms with E-state index in [-0.39, 0.29) is 11.9 Å². The summed E-state index contributed by atoms with van der Waals surface area (Å²) >= 11 is 0. The molecule has 1 amide bonds. The average molecular weight is 270 g/mol. The predicted octanol–water partition coefficient (Wildman–Crippen LogP) is 1.64. The molecule has 20 heavy (non-hydrogen) atoms. The second kappa shape index (κ2) is 5.46. The van der Waals surface area contributed by atoms with E-state index >= 15 is 0 Å². The van der Waals surface area contributed by atoms with Gasteiger partial charge in [-0.25, -0.2) is 0 Å². The highest BCUT2D eigenvalue weighted by Crippen LogP contribution is 2.19. The van der Waals surface area contributed by atoms with Gasteiger partial charge in [0, 0.05) is 36.5 Å². The van der Waals surface area contributed by atoms with Crippen molar-refractivity contribution in [2.75, 3.05) is 13.1 Å². The molecule has 0 unspecified atom stereocenters. The maximum Gasteiger partial charge on any atom is 0.253 e. The third kappa shape index (κ3) is 2.58. The van der Waals surface area contributed by atoms with E-state index in [2.05, 4.69) is 10.2 Å². The van der Waals surface area contributed by atoms with Gasteiger partial charge >= 0.3 is 0 Å². The number of hydrogen-bond acceptors (Lipinski definition) is 3. The third-order valence-corrected chi connectivity index (χ3v) is 3.79. The molecule has 104 valence electrons. The largest absolute Gasteiger partial charge is 0.339 e. The first-order valence-electron chi connectivity index (χ1n) is 6.88. The van der Waals surface area contributed by atoms with Crippen molar-refractivity contribution in [2.24, 2.45) is 5.73 Å². The molecular formula is C15H18N4O. The minimum absolute atomic E-state index is 0.0932. The predicted molar refractivity (Wildman–Crippen MR) is 77.1 cm³/mol. The summed E-state index contributed by atoms with van der Waals surface area (Å²) in [7, 11) is 0. The fourth-order valence-corrected chi connectivity index (χ4v) is 2.50. The van der Waals surface area contributed by atoms with Gasteiger partial charge in [0.25, 0.3) is 5.91 Å². The number of nitrogens with zero attached hydrogens (tertiary/aromatic N) is 2. The number of nitrogens with one attached hydrogen (secondary N) is 1. The third-order valence-electron chi connectivity index (χ3n) is 3.79. The van der Waals surface area contributed by atoms with Crippen LogP contribution in [0.4, 0.5) is 0 Å². The van der Waals surface area contributed by atoms with Crippen LogP contribution < -0.4 is 5.73 Å². The summed E-state index contributed by atoms with van der Waals surface area (Å²) in [4.78, 5) is 14.3. The van der Waals surface area contributed by atoms with E-state index in [1.807, 2.05) is 35.4 Å². The van der Waals surface area contributed by atoms with Crippen molar-refractivity contribution in [3.63, 3.8) is 0 Å². The van der Waals surface area contributed by atoms with Crippen LogP contribution in [0.15, 0.2) is 36.7 Å². The van der Waals surface area contributed by atoms with Gasteiger partial charge in [-0.05, 0) is 30.5 Å². The van der Waals surface area contributed by atoms with Crippen molar-refractivity contribution in [3.05, 3.63) is 42.2 Å². The lowest BCUT2D eigenvalue weighted by Gasteiger charge is -2.30. The lowest BCUT2D eigenvalue weighted by Crippen LogP contribution is -2.42. The van der Waals surface area contributed by atoms with Crippen molar-refractivity contribution < 1.29 is 4.79 Å². The second-order valence-corrected chi connectivity index (χ2v) is 5.19. The molecule has 5 heteroatoms.